The third-order valence-corrected chi connectivity index (χ3v) is 8.12. The first kappa shape index (κ1) is 36.3. The van der Waals surface area contributed by atoms with Crippen molar-refractivity contribution in [3.63, 3.8) is 0 Å². The van der Waals surface area contributed by atoms with Crippen molar-refractivity contribution < 1.29 is 20.8 Å². The van der Waals surface area contributed by atoms with Gasteiger partial charge in [-0.15, -0.1) is 68.6 Å². The van der Waals surface area contributed by atoms with Crippen LogP contribution >= 0.6 is 17.0 Å². The van der Waals surface area contributed by atoms with Crippen LogP contribution in [0.2, 0.25) is 13.1 Å². The minimum absolute atomic E-state index is 0.575. The van der Waals surface area contributed by atoms with E-state index in [9.17, 15) is 0 Å². The van der Waals surface area contributed by atoms with E-state index in [-0.39, 0.29) is 0 Å². The first-order valence-electron chi connectivity index (χ1n) is 15.1. The Kier molecular flexibility index (Phi) is 14.4. The Bertz CT molecular complexity index is 1770. The molecule has 0 nitrogen and oxygen atoms in total. The van der Waals surface area contributed by atoms with E-state index >= 15 is 0 Å². The van der Waals surface area contributed by atoms with Gasteiger partial charge in [0.15, 0.2) is 0 Å². The molecule has 6 rings (SSSR count). The molecule has 0 bridgehead atoms. The van der Waals surface area contributed by atoms with Crippen molar-refractivity contribution in [1.29, 1.82) is 0 Å². The SMILES string of the molecule is C[Si]C.Cc1cc2c(-c3ccccc3)ccc(C)c2[cH-]1.Cc1ccc(-c2cccc3[cH-]c(C(C)C)cc23)c(C)c1C.[Cl][Zr+2][Cl]. The summed E-state index contributed by atoms with van der Waals surface area (Å²) in [6.45, 7) is 19.8. The number of hydrogen-bond donors (Lipinski definition) is 0. The molecule has 0 spiro atoms. The van der Waals surface area contributed by atoms with Crippen LogP contribution in [0.15, 0.2) is 97.1 Å². The van der Waals surface area contributed by atoms with Gasteiger partial charge in [0.05, 0.1) is 0 Å². The fraction of sp³-hybridized carbons (Fsp3) is 0.250. The Labute approximate surface area is 287 Å². The van der Waals surface area contributed by atoms with Crippen molar-refractivity contribution >= 4 is 48.1 Å². The molecule has 0 aromatic heterocycles. The number of fused-ring (bicyclic) bond motifs is 2. The molecule has 0 fully saturated rings. The van der Waals surface area contributed by atoms with Gasteiger partial charge in [-0.3, -0.25) is 0 Å². The fourth-order valence-electron chi connectivity index (χ4n) is 5.53. The van der Waals surface area contributed by atoms with Gasteiger partial charge >= 0.3 is 37.9 Å². The van der Waals surface area contributed by atoms with Crippen molar-refractivity contribution in [2.24, 2.45) is 0 Å². The summed E-state index contributed by atoms with van der Waals surface area (Å²) in [4.78, 5) is 0. The third kappa shape index (κ3) is 8.95. The fourth-order valence-corrected chi connectivity index (χ4v) is 5.53. The van der Waals surface area contributed by atoms with Crippen LogP contribution in [0.1, 0.15) is 53.1 Å². The molecule has 44 heavy (non-hydrogen) atoms. The summed E-state index contributed by atoms with van der Waals surface area (Å²) in [6, 6.07) is 35.5. The number of hydrogen-bond acceptors (Lipinski definition) is 0. The van der Waals surface area contributed by atoms with Gasteiger partial charge in [-0.05, 0) is 54.5 Å². The molecular weight excluding hydrogens is 671 g/mol. The summed E-state index contributed by atoms with van der Waals surface area (Å²) < 4.78 is 0. The Morgan fingerprint density at radius 2 is 1.25 bits per heavy atom. The molecule has 4 heteroatoms. The molecule has 0 unspecified atom stereocenters. The summed E-state index contributed by atoms with van der Waals surface area (Å²) in [5.74, 6) is 0.575. The molecule has 0 aliphatic rings. The van der Waals surface area contributed by atoms with E-state index in [1.807, 2.05) is 0 Å². The molecule has 0 saturated heterocycles. The molecule has 226 valence electrons. The standard InChI is InChI=1S/C21H23.C17H15.C2H6Si.2ClH.Zr/c1-13(2)18-11-17-7-6-8-20(21(17)12-18)19-10-9-14(3)15(4)16(19)5;1-12-10-16-13(2)8-9-15(17(16)11-12)14-6-4-3-5-7-14;1-3-2;;;/h6-13H,1-5H3;3-11H,1-2H3;1-2H3;2*1H;/q2*-1;;;;+4/p-2. The van der Waals surface area contributed by atoms with Crippen LogP contribution < -0.4 is 0 Å². The van der Waals surface area contributed by atoms with E-state index in [0.717, 1.165) is 9.52 Å². The second-order valence-electron chi connectivity index (χ2n) is 11.7. The van der Waals surface area contributed by atoms with E-state index in [2.05, 4.69) is 159 Å². The van der Waals surface area contributed by atoms with Crippen LogP contribution in [-0.4, -0.2) is 9.52 Å². The molecule has 0 N–H and O–H groups in total. The number of aryl methyl sites for hydroxylation is 3. The van der Waals surface area contributed by atoms with E-state index in [4.69, 9.17) is 17.0 Å². The van der Waals surface area contributed by atoms with Gasteiger partial charge in [-0.2, -0.15) is 12.1 Å². The maximum atomic E-state index is 4.93. The molecule has 0 amide bonds. The molecule has 6 aromatic carbocycles. The average Bonchev–Trinajstić information content (AvgIpc) is 3.63. The summed E-state index contributed by atoms with van der Waals surface area (Å²) >= 11 is -0.826. The van der Waals surface area contributed by atoms with Gasteiger partial charge in [0.2, 0.25) is 0 Å². The van der Waals surface area contributed by atoms with Crippen molar-refractivity contribution in [2.45, 2.75) is 67.5 Å². The first-order valence-corrected chi connectivity index (χ1v) is 23.4. The Morgan fingerprint density at radius 1 is 0.636 bits per heavy atom. The van der Waals surface area contributed by atoms with Crippen molar-refractivity contribution in [3.05, 3.63) is 130 Å². The second kappa shape index (κ2) is 17.5. The predicted octanol–water partition coefficient (Wildman–Crippen LogP) is 13.3. The Morgan fingerprint density at radius 3 is 1.89 bits per heavy atom. The van der Waals surface area contributed by atoms with Crippen LogP contribution in [0.25, 0.3) is 43.8 Å². The first-order chi connectivity index (χ1) is 21.1. The van der Waals surface area contributed by atoms with Crippen molar-refractivity contribution in [1.82, 2.24) is 0 Å². The molecule has 0 atom stereocenters. The van der Waals surface area contributed by atoms with Crippen LogP contribution in [0.4, 0.5) is 0 Å². The number of rotatable bonds is 3. The summed E-state index contributed by atoms with van der Waals surface area (Å²) in [5, 5.41) is 5.49. The van der Waals surface area contributed by atoms with Crippen LogP contribution in [0.5, 0.6) is 0 Å². The van der Waals surface area contributed by atoms with Crippen molar-refractivity contribution in [3.8, 4) is 22.3 Å². The summed E-state index contributed by atoms with van der Waals surface area (Å²) in [6.07, 6.45) is 0. The van der Waals surface area contributed by atoms with Crippen molar-refractivity contribution in [2.75, 3.05) is 0 Å². The van der Waals surface area contributed by atoms with Gasteiger partial charge in [0.1, 0.15) is 0 Å². The molecule has 0 aliphatic carbocycles. The second-order valence-corrected chi connectivity index (χ2v) is 16.4. The predicted molar refractivity (Wildman–Crippen MR) is 197 cm³/mol. The average molecular weight is 715 g/mol. The Balaban J connectivity index is 0.000000207. The van der Waals surface area contributed by atoms with E-state index < -0.39 is 20.8 Å². The van der Waals surface area contributed by atoms with E-state index in [1.165, 1.54) is 77.2 Å². The number of benzene rings is 4. The van der Waals surface area contributed by atoms with Gasteiger partial charge in [-0.1, -0.05) is 107 Å². The minimum atomic E-state index is -0.826. The molecule has 0 aliphatic heterocycles. The Hall–Kier alpha value is -2.22. The molecule has 2 radical (unpaired) electrons. The van der Waals surface area contributed by atoms with Crippen LogP contribution in [0, 0.1) is 34.6 Å². The third-order valence-electron chi connectivity index (χ3n) is 8.12. The topological polar surface area (TPSA) is 0 Å². The van der Waals surface area contributed by atoms with Crippen LogP contribution in [-0.2, 0) is 20.8 Å². The maximum absolute atomic E-state index is 4.93. The number of halogens is 2. The van der Waals surface area contributed by atoms with Gasteiger partial charge < -0.3 is 0 Å². The zero-order valence-corrected chi connectivity index (χ0v) is 32.5. The summed E-state index contributed by atoms with van der Waals surface area (Å²) in [5.41, 5.74) is 13.6. The molecular formula is C40H44Cl2SiZr. The summed E-state index contributed by atoms with van der Waals surface area (Å²) in [7, 11) is 11.0. The quantitative estimate of drug-likeness (QED) is 0.126. The molecule has 0 heterocycles. The zero-order valence-electron chi connectivity index (χ0n) is 27.6. The van der Waals surface area contributed by atoms with E-state index in [0.29, 0.717) is 5.92 Å². The molecule has 6 aromatic rings. The van der Waals surface area contributed by atoms with E-state index in [1.54, 1.807) is 0 Å². The van der Waals surface area contributed by atoms with Gasteiger partial charge in [0, 0.05) is 9.52 Å². The zero-order chi connectivity index (χ0) is 32.4. The van der Waals surface area contributed by atoms with Gasteiger partial charge in [-0.25, -0.2) is 0 Å². The van der Waals surface area contributed by atoms with Crippen LogP contribution in [0.3, 0.4) is 0 Å². The normalized spacial score (nSPS) is 10.4. The van der Waals surface area contributed by atoms with Gasteiger partial charge in [0.25, 0.3) is 0 Å². The monoisotopic (exact) mass is 712 g/mol. The molecule has 0 saturated carbocycles.